The number of rotatable bonds is 19. The van der Waals surface area contributed by atoms with Gasteiger partial charge < -0.3 is 163 Å². The van der Waals surface area contributed by atoms with Crippen LogP contribution in [-0.4, -0.2) is 340 Å². The van der Waals surface area contributed by atoms with Gasteiger partial charge in [0.25, 0.3) is 0 Å². The maximum atomic E-state index is 16.2. The normalized spacial score (nSPS) is 53.4. The molecule has 0 aromatic rings. The lowest BCUT2D eigenvalue weighted by molar-refractivity contribution is -0.391. The van der Waals surface area contributed by atoms with Crippen LogP contribution in [0.5, 0.6) is 0 Å². The molecule has 0 bridgehead atoms. The molecule has 41 atom stereocenters. The van der Waals surface area contributed by atoms with Crippen LogP contribution in [0.4, 0.5) is 0 Å². The topological polar surface area (TPSA) is 551 Å². The highest BCUT2D eigenvalue weighted by atomic mass is 16.8. The van der Waals surface area contributed by atoms with Crippen molar-refractivity contribution in [1.29, 1.82) is 0 Å². The maximum Gasteiger partial charge on any atom is 0.335 e. The van der Waals surface area contributed by atoms with Crippen molar-refractivity contribution in [1.82, 2.24) is 0 Å². The summed E-state index contributed by atoms with van der Waals surface area (Å²) < 4.78 is 91.7. The average Bonchev–Trinajstić information content (AvgIpc) is 1.05. The Morgan fingerprint density at radius 2 is 1.00 bits per heavy atom. The van der Waals surface area contributed by atoms with E-state index in [2.05, 4.69) is 40.7 Å². The summed E-state index contributed by atoms with van der Waals surface area (Å²) >= 11 is 0. The molecule has 4 saturated carbocycles. The van der Waals surface area contributed by atoms with Gasteiger partial charge in [-0.15, -0.1) is 0 Å². The minimum Gasteiger partial charge on any atom is -0.479 e. The average molecular weight is 1540 g/mol. The van der Waals surface area contributed by atoms with Gasteiger partial charge >= 0.3 is 17.9 Å². The first kappa shape index (κ1) is 83.1. The van der Waals surface area contributed by atoms with E-state index < -0.39 is 286 Å². The van der Waals surface area contributed by atoms with Crippen molar-refractivity contribution >= 4 is 24.2 Å². The Morgan fingerprint density at radius 3 is 1.58 bits per heavy atom. The van der Waals surface area contributed by atoms with Crippen LogP contribution in [0, 0.1) is 50.2 Å². The molecule has 5 aliphatic carbocycles. The van der Waals surface area contributed by atoms with Gasteiger partial charge in [-0.25, -0.2) is 4.79 Å². The van der Waals surface area contributed by atoms with Gasteiger partial charge in [-0.2, -0.15) is 0 Å². The Morgan fingerprint density at radius 1 is 0.495 bits per heavy atom. The highest BCUT2D eigenvalue weighted by Crippen LogP contribution is 2.76. The van der Waals surface area contributed by atoms with E-state index in [-0.39, 0.29) is 24.2 Å². The van der Waals surface area contributed by atoms with Gasteiger partial charge in [0.2, 0.25) is 6.29 Å². The Hall–Kier alpha value is -3.34. The third kappa shape index (κ3) is 14.6. The molecular formula is C71H110O36. The summed E-state index contributed by atoms with van der Waals surface area (Å²) in [5.74, 6) is -4.37. The van der Waals surface area contributed by atoms with Gasteiger partial charge in [-0.1, -0.05) is 53.2 Å². The minimum atomic E-state index is -2.22. The maximum absolute atomic E-state index is 16.2. The zero-order valence-electron chi connectivity index (χ0n) is 61.2. The first-order valence-electron chi connectivity index (χ1n) is 37.2. The van der Waals surface area contributed by atoms with Crippen molar-refractivity contribution in [3.8, 4) is 0 Å². The number of fused-ring (bicyclic) bond motifs is 7. The van der Waals surface area contributed by atoms with Gasteiger partial charge in [0, 0.05) is 6.92 Å². The number of hydrogen-bond acceptors (Lipinski definition) is 35. The third-order valence-corrected chi connectivity index (χ3v) is 26.8. The second kappa shape index (κ2) is 31.5. The third-order valence-electron chi connectivity index (χ3n) is 26.8. The van der Waals surface area contributed by atoms with Crippen LogP contribution in [0.25, 0.3) is 0 Å². The first-order chi connectivity index (χ1) is 50.2. The number of carbonyl (C=O) groups is 4. The lowest BCUT2D eigenvalue weighted by Crippen LogP contribution is -2.69. The molecule has 11 fully saturated rings. The van der Waals surface area contributed by atoms with Crippen LogP contribution < -0.4 is 0 Å². The molecule has 17 N–H and O–H groups in total. The standard InChI is InChI=1S/C71H110O36/c1-26-50(101-58-44(84)38(78)31(76)23-93-58)43(83)48(88)60(95-26)106-56-54(104-61-46(86)41(81)34(22-73)99-61)51(97-28(3)75)27(2)96-63(56)107-65(92)71-18-16-66(4,5)20-30(71)29-10-11-36-67(6)14-13-37(68(7,25-74)35(67)12-15-70(36,9)69(29,8)17-19-71)100-64-55(105-62-47(87)42(82)40(80)33(21-72)98-62)52(49(89)53(103-64)57(90)91)102-59-45(85)39(79)32(77)24-94-59/h10,25-27,30-56,58-64,72-73,76-89H,11-24H2,1-9H3,(H,90,91)/t26-,27-,30-,31+,32+,33+,34+,35+,36+,37-,38-,39-,40-,41+,42-,43-,44+,45+,46-,47+,48+,49-,50-,51+,52-,53-,54+,55+,56-,58-,59-,60-,61+,62-,63+,64+,67-,68-,69+,70+,71-/m0/s1. The Balaban J connectivity index is 0.835. The van der Waals surface area contributed by atoms with Crippen molar-refractivity contribution in [2.75, 3.05) is 26.4 Å². The van der Waals surface area contributed by atoms with Gasteiger partial charge in [0.15, 0.2) is 56.1 Å². The monoisotopic (exact) mass is 1540 g/mol. The molecular weight excluding hydrogens is 1430 g/mol. The van der Waals surface area contributed by atoms with Crippen molar-refractivity contribution in [2.45, 2.75) is 329 Å². The molecule has 0 aromatic heterocycles. The molecule has 7 saturated heterocycles. The quantitative estimate of drug-likeness (QED) is 0.0250. The SMILES string of the molecule is CC(=O)O[C@H]1[C@@H](O[C@H]2O[C@H](CO)[C@@H](O)[C@@H]2O)[C@H](O[C@@H]2O[C@@H](C)[C@H](O[C@@H]3OC[C@@H](O)[C@H](O)[C@H]3O)[C@@H](O)[C@H]2O)[C@@H](OC(=O)[C@]23CCC(C)(C)C[C@H]2C2=CC[C@@H]4[C@@]5(C)CC[C@H](O[C@@H]6O[C@H](C(=O)O)[C@@H](O)[C@H](O[C@@H]7OC[C@@H](O)[C@H](O)[C@H]7O)[C@H]6O[C@@H]6O[C@H](CO)[C@H](O)[C@H](O)[C@H]6O)[C@@](C)(C=O)[C@@H]5CC[C@@]4(C)[C@]2(C)CC3)O[C@H]1C. The molecule has 12 aliphatic rings. The number of ether oxygens (including phenoxy) is 15. The minimum absolute atomic E-state index is 0.125. The van der Waals surface area contributed by atoms with E-state index in [1.165, 1.54) is 13.8 Å². The predicted octanol–water partition coefficient (Wildman–Crippen LogP) is -4.75. The smallest absolute Gasteiger partial charge is 0.335 e. The number of carbonyl (C=O) groups excluding carboxylic acids is 3. The largest absolute Gasteiger partial charge is 0.479 e. The number of aliphatic carboxylic acids is 1. The number of aliphatic hydroxyl groups is 16. The van der Waals surface area contributed by atoms with Gasteiger partial charge in [-0.05, 0) is 117 Å². The van der Waals surface area contributed by atoms with E-state index in [9.17, 15) is 101 Å². The zero-order valence-corrected chi connectivity index (χ0v) is 61.2. The van der Waals surface area contributed by atoms with E-state index in [1.54, 1.807) is 6.92 Å². The summed E-state index contributed by atoms with van der Waals surface area (Å²) in [4.78, 5) is 56.5. The van der Waals surface area contributed by atoms with Gasteiger partial charge in [0.1, 0.15) is 128 Å². The van der Waals surface area contributed by atoms with Crippen LogP contribution in [0.2, 0.25) is 0 Å². The van der Waals surface area contributed by atoms with Crippen molar-refractivity contribution in [3.63, 3.8) is 0 Å². The fourth-order valence-corrected chi connectivity index (χ4v) is 20.3. The molecule has 36 heteroatoms. The number of allylic oxidation sites excluding steroid dienone is 2. The number of carboxylic acids is 1. The molecule has 610 valence electrons. The van der Waals surface area contributed by atoms with Crippen LogP contribution >= 0.6 is 0 Å². The molecule has 0 radical (unpaired) electrons. The number of esters is 2. The number of aliphatic hydroxyl groups excluding tert-OH is 16. The number of hydrogen-bond donors (Lipinski definition) is 17. The van der Waals surface area contributed by atoms with Crippen molar-refractivity contribution < 1.29 is 177 Å². The van der Waals surface area contributed by atoms with Crippen LogP contribution in [0.1, 0.15) is 127 Å². The Bertz CT molecular complexity index is 3170. The van der Waals surface area contributed by atoms with Gasteiger partial charge in [0.05, 0.1) is 55.6 Å². The molecule has 7 aliphatic heterocycles. The first-order valence-corrected chi connectivity index (χ1v) is 37.2. The number of aldehydes is 1. The summed E-state index contributed by atoms with van der Waals surface area (Å²) in [5.41, 5.74) is -3.79. The lowest BCUT2D eigenvalue weighted by Gasteiger charge is -2.71. The summed E-state index contributed by atoms with van der Waals surface area (Å²) in [6.07, 6.45) is -50.9. The summed E-state index contributed by atoms with van der Waals surface area (Å²) in [5, 5.41) is 185. The Kier molecular flexibility index (Phi) is 24.4. The molecule has 12 rings (SSSR count). The summed E-state index contributed by atoms with van der Waals surface area (Å²) in [6, 6.07) is 0. The number of carboxylic acid groups (broad SMARTS) is 1. The summed E-state index contributed by atoms with van der Waals surface area (Å²) in [6.45, 7) is 13.9. The molecule has 0 unspecified atom stereocenters. The van der Waals surface area contributed by atoms with E-state index in [1.807, 2.05) is 0 Å². The van der Waals surface area contributed by atoms with E-state index in [4.69, 9.17) is 71.1 Å². The Labute approximate surface area is 616 Å². The second-order valence-corrected chi connectivity index (χ2v) is 33.6. The van der Waals surface area contributed by atoms with Crippen LogP contribution in [0.15, 0.2) is 11.6 Å². The molecule has 0 aromatic carbocycles. The highest BCUT2D eigenvalue weighted by molar-refractivity contribution is 5.79. The lowest BCUT2D eigenvalue weighted by atomic mass is 9.33. The van der Waals surface area contributed by atoms with Crippen molar-refractivity contribution in [3.05, 3.63) is 11.6 Å². The second-order valence-electron chi connectivity index (χ2n) is 33.6. The molecule has 7 heterocycles. The van der Waals surface area contributed by atoms with Crippen LogP contribution in [0.3, 0.4) is 0 Å². The molecule has 36 nitrogen and oxygen atoms in total. The summed E-state index contributed by atoms with van der Waals surface area (Å²) in [7, 11) is 0. The van der Waals surface area contributed by atoms with E-state index in [0.29, 0.717) is 51.4 Å². The molecule has 0 spiro atoms. The zero-order chi connectivity index (χ0) is 78.0. The molecule has 0 amide bonds. The highest BCUT2D eigenvalue weighted by Gasteiger charge is 2.72. The van der Waals surface area contributed by atoms with E-state index in [0.717, 1.165) is 18.8 Å². The fraction of sp³-hybridized carbons (Fsp3) is 0.915. The van der Waals surface area contributed by atoms with Crippen LogP contribution in [-0.2, 0) is 90.2 Å². The molecule has 107 heavy (non-hydrogen) atoms. The fourth-order valence-electron chi connectivity index (χ4n) is 20.3. The van der Waals surface area contributed by atoms with Gasteiger partial charge in [-0.3, -0.25) is 9.59 Å². The van der Waals surface area contributed by atoms with Crippen molar-refractivity contribution in [2.24, 2.45) is 50.2 Å². The predicted molar refractivity (Wildman–Crippen MR) is 350 cm³/mol. The van der Waals surface area contributed by atoms with E-state index >= 15 is 4.79 Å².